The molecule has 0 spiro atoms. The maximum absolute atomic E-state index is 14.5. The van der Waals surface area contributed by atoms with E-state index in [0.717, 1.165) is 29.4 Å². The number of hydrogen-bond donors (Lipinski definition) is 2. The second-order valence-corrected chi connectivity index (χ2v) is 8.52. The summed E-state index contributed by atoms with van der Waals surface area (Å²) in [6, 6.07) is 1.25. The number of rotatable bonds is 4. The van der Waals surface area contributed by atoms with Crippen molar-refractivity contribution in [3.05, 3.63) is 41.1 Å². The van der Waals surface area contributed by atoms with Crippen LogP contribution in [-0.2, 0) is 17.8 Å². The average molecular weight is 420 g/mol. The van der Waals surface area contributed by atoms with Gasteiger partial charge in [0.15, 0.2) is 0 Å². The number of carboxylic acid groups (broad SMARTS) is 1. The van der Waals surface area contributed by atoms with E-state index in [0.29, 0.717) is 30.8 Å². The number of benzene rings is 1. The number of likely N-dealkylation sites (N-methyl/N-ethyl adjacent to an activating group) is 1. The van der Waals surface area contributed by atoms with Gasteiger partial charge in [0.2, 0.25) is 0 Å². The summed E-state index contributed by atoms with van der Waals surface area (Å²) in [6.07, 6.45) is 0.480. The van der Waals surface area contributed by atoms with Gasteiger partial charge in [0.05, 0.1) is 5.69 Å². The van der Waals surface area contributed by atoms with Crippen molar-refractivity contribution in [2.24, 2.45) is 5.41 Å². The summed E-state index contributed by atoms with van der Waals surface area (Å²) in [5.74, 6) is -2.41. The van der Waals surface area contributed by atoms with Crippen LogP contribution in [0.15, 0.2) is 18.2 Å². The van der Waals surface area contributed by atoms with E-state index < -0.39 is 35.1 Å². The molecule has 0 saturated carbocycles. The third-order valence-corrected chi connectivity index (χ3v) is 5.34. The molecule has 1 aromatic carbocycles. The smallest absolute Gasteiger partial charge is 0.343 e. The van der Waals surface area contributed by atoms with Gasteiger partial charge in [0.25, 0.3) is 0 Å². The highest BCUT2D eigenvalue weighted by Crippen LogP contribution is 2.32. The first-order valence-electron chi connectivity index (χ1n) is 9.85. The van der Waals surface area contributed by atoms with Crippen LogP contribution >= 0.6 is 0 Å². The average Bonchev–Trinajstić information content (AvgIpc) is 3.05. The molecule has 1 atom stereocenters. The van der Waals surface area contributed by atoms with E-state index in [9.17, 15) is 23.5 Å². The normalized spacial score (nSPS) is 15.5. The monoisotopic (exact) mass is 420 g/mol. The van der Waals surface area contributed by atoms with Crippen LogP contribution in [0.5, 0.6) is 0 Å². The number of carbonyl (C=O) groups excluding carboxylic acids is 1. The van der Waals surface area contributed by atoms with E-state index >= 15 is 0 Å². The fourth-order valence-electron chi connectivity index (χ4n) is 3.64. The highest BCUT2D eigenvalue weighted by molar-refractivity contribution is 5.85. The van der Waals surface area contributed by atoms with Crippen molar-refractivity contribution in [2.45, 2.75) is 46.7 Å². The lowest BCUT2D eigenvalue weighted by molar-refractivity contribution is -0.141. The van der Waals surface area contributed by atoms with Gasteiger partial charge in [-0.25, -0.2) is 18.4 Å². The van der Waals surface area contributed by atoms with Gasteiger partial charge in [-0.1, -0.05) is 27.7 Å². The molecule has 3 rings (SSSR count). The Balaban J connectivity index is 2.08. The first-order valence-corrected chi connectivity index (χ1v) is 9.85. The summed E-state index contributed by atoms with van der Waals surface area (Å²) in [5.41, 5.74) is 0.657. The first-order chi connectivity index (χ1) is 14.0. The number of halogens is 2. The van der Waals surface area contributed by atoms with Crippen LogP contribution in [0.25, 0.3) is 11.3 Å². The van der Waals surface area contributed by atoms with E-state index in [1.807, 2.05) is 6.92 Å². The molecule has 1 aliphatic rings. The highest BCUT2D eigenvalue weighted by Gasteiger charge is 2.35. The standard InChI is InChI=1S/C21H26F2N4O3/c1-5-26-9-8-16-14(11-26)17(13-10-12(22)6-7-15(13)23)25-27(16)20(30)24-18(19(28)29)21(2,3)4/h6-7,10,18H,5,8-9,11H2,1-4H3,(H,24,30)(H,28,29)/t18-/m1/s1. The van der Waals surface area contributed by atoms with Crippen LogP contribution in [0, 0.1) is 17.0 Å². The van der Waals surface area contributed by atoms with Gasteiger partial charge >= 0.3 is 12.0 Å². The zero-order valence-corrected chi connectivity index (χ0v) is 17.5. The molecule has 0 fully saturated rings. The van der Waals surface area contributed by atoms with Crippen LogP contribution < -0.4 is 5.32 Å². The van der Waals surface area contributed by atoms with E-state index in [4.69, 9.17) is 0 Å². The number of nitrogens with one attached hydrogen (secondary N) is 1. The molecule has 1 aromatic heterocycles. The molecule has 1 aliphatic heterocycles. The molecule has 2 aromatic rings. The van der Waals surface area contributed by atoms with Crippen molar-refractivity contribution in [2.75, 3.05) is 13.1 Å². The number of hydrogen-bond acceptors (Lipinski definition) is 4. The summed E-state index contributed by atoms with van der Waals surface area (Å²) < 4.78 is 29.4. The van der Waals surface area contributed by atoms with E-state index in [1.54, 1.807) is 20.8 Å². The molecule has 162 valence electrons. The minimum absolute atomic E-state index is 0.0265. The molecule has 30 heavy (non-hydrogen) atoms. The minimum atomic E-state index is -1.16. The van der Waals surface area contributed by atoms with Crippen molar-refractivity contribution < 1.29 is 23.5 Å². The summed E-state index contributed by atoms with van der Waals surface area (Å²) >= 11 is 0. The highest BCUT2D eigenvalue weighted by atomic mass is 19.1. The number of aromatic nitrogens is 2. The number of amides is 1. The van der Waals surface area contributed by atoms with Crippen molar-refractivity contribution in [1.82, 2.24) is 20.0 Å². The van der Waals surface area contributed by atoms with Gasteiger partial charge in [-0.05, 0) is 30.2 Å². The second kappa shape index (κ2) is 8.14. The molecule has 0 aliphatic carbocycles. The zero-order valence-electron chi connectivity index (χ0n) is 17.5. The van der Waals surface area contributed by atoms with Crippen molar-refractivity contribution in [3.8, 4) is 11.3 Å². The number of carbonyl (C=O) groups is 2. The van der Waals surface area contributed by atoms with Crippen LogP contribution in [0.4, 0.5) is 13.6 Å². The number of nitrogens with zero attached hydrogens (tertiary/aromatic N) is 3. The summed E-state index contributed by atoms with van der Waals surface area (Å²) in [5, 5.41) is 16.3. The predicted octanol–water partition coefficient (Wildman–Crippen LogP) is 3.26. The van der Waals surface area contributed by atoms with Crippen LogP contribution in [0.2, 0.25) is 0 Å². The fraction of sp³-hybridized carbons (Fsp3) is 0.476. The predicted molar refractivity (Wildman–Crippen MR) is 107 cm³/mol. The van der Waals surface area contributed by atoms with Crippen molar-refractivity contribution in [1.29, 1.82) is 0 Å². The van der Waals surface area contributed by atoms with Crippen LogP contribution in [0.3, 0.4) is 0 Å². The maximum atomic E-state index is 14.5. The summed E-state index contributed by atoms with van der Waals surface area (Å²) in [6.45, 7) is 8.98. The lowest BCUT2D eigenvalue weighted by atomic mass is 9.87. The fourth-order valence-corrected chi connectivity index (χ4v) is 3.64. The van der Waals surface area contributed by atoms with Crippen LogP contribution in [-0.4, -0.2) is 50.9 Å². The number of fused-ring (bicyclic) bond motifs is 1. The Bertz CT molecular complexity index is 981. The van der Waals surface area contributed by atoms with Crippen molar-refractivity contribution in [3.63, 3.8) is 0 Å². The second-order valence-electron chi connectivity index (χ2n) is 8.52. The van der Waals surface area contributed by atoms with Gasteiger partial charge in [0.1, 0.15) is 23.4 Å². The molecular weight excluding hydrogens is 394 g/mol. The van der Waals surface area contributed by atoms with Crippen molar-refractivity contribution >= 4 is 12.0 Å². The number of aliphatic carboxylic acids is 1. The lowest BCUT2D eigenvalue weighted by Gasteiger charge is -2.28. The SMILES string of the molecule is CCN1CCc2c(c(-c3cc(F)ccc3F)nn2C(=O)N[C@H](C(=O)O)C(C)(C)C)C1. The third kappa shape index (κ3) is 4.21. The Morgan fingerprint density at radius 3 is 2.60 bits per heavy atom. The Hall–Kier alpha value is -2.81. The molecule has 2 N–H and O–H groups in total. The molecule has 0 saturated heterocycles. The van der Waals surface area contributed by atoms with Gasteiger partial charge < -0.3 is 10.4 Å². The van der Waals surface area contributed by atoms with E-state index in [1.165, 1.54) is 0 Å². The Morgan fingerprint density at radius 2 is 2.00 bits per heavy atom. The van der Waals surface area contributed by atoms with Gasteiger partial charge in [0, 0.05) is 30.6 Å². The number of carboxylic acids is 1. The Labute approximate surface area is 173 Å². The molecule has 0 radical (unpaired) electrons. The van der Waals surface area contributed by atoms with Gasteiger partial charge in [-0.3, -0.25) is 4.90 Å². The first kappa shape index (κ1) is 21.9. The van der Waals surface area contributed by atoms with E-state index in [-0.39, 0.29) is 11.3 Å². The lowest BCUT2D eigenvalue weighted by Crippen LogP contribution is -2.50. The third-order valence-electron chi connectivity index (χ3n) is 5.34. The largest absolute Gasteiger partial charge is 0.480 e. The van der Waals surface area contributed by atoms with Gasteiger partial charge in [-0.2, -0.15) is 9.78 Å². The molecule has 0 bridgehead atoms. The van der Waals surface area contributed by atoms with Gasteiger partial charge in [-0.15, -0.1) is 0 Å². The van der Waals surface area contributed by atoms with E-state index in [2.05, 4.69) is 15.3 Å². The minimum Gasteiger partial charge on any atom is -0.480 e. The molecule has 0 unspecified atom stereocenters. The zero-order chi connectivity index (χ0) is 22.2. The molecule has 7 nitrogen and oxygen atoms in total. The Kier molecular flexibility index (Phi) is 5.94. The summed E-state index contributed by atoms with van der Waals surface area (Å²) in [4.78, 5) is 26.7. The molecular formula is C21H26F2N4O3. The summed E-state index contributed by atoms with van der Waals surface area (Å²) in [7, 11) is 0. The topological polar surface area (TPSA) is 87.5 Å². The molecule has 2 heterocycles. The molecule has 9 heteroatoms. The quantitative estimate of drug-likeness (QED) is 0.793. The maximum Gasteiger partial charge on any atom is 0.343 e. The molecule has 1 amide bonds. The van der Waals surface area contributed by atoms with Crippen LogP contribution in [0.1, 0.15) is 39.0 Å². The Morgan fingerprint density at radius 1 is 1.30 bits per heavy atom.